The highest BCUT2D eigenvalue weighted by Crippen LogP contribution is 2.22. The Balaban J connectivity index is 3.00. The summed E-state index contributed by atoms with van der Waals surface area (Å²) in [6.07, 6.45) is 5.71. The molecule has 0 fully saturated rings. The third kappa shape index (κ3) is 2.02. The lowest BCUT2D eigenvalue weighted by molar-refractivity contribution is 0.295. The van der Waals surface area contributed by atoms with E-state index >= 15 is 0 Å². The summed E-state index contributed by atoms with van der Waals surface area (Å²) in [5.74, 6) is -0.0916. The summed E-state index contributed by atoms with van der Waals surface area (Å²) in [5.41, 5.74) is -0.0913. The van der Waals surface area contributed by atoms with Crippen LogP contribution in [0, 0.1) is 24.0 Å². The third-order valence-corrected chi connectivity index (χ3v) is 1.66. The predicted molar refractivity (Wildman–Crippen MR) is 50.1 cm³/mol. The van der Waals surface area contributed by atoms with Crippen molar-refractivity contribution in [2.24, 2.45) is 0 Å². The van der Waals surface area contributed by atoms with Crippen LogP contribution in [0.1, 0.15) is 18.9 Å². The third-order valence-electron chi connectivity index (χ3n) is 1.66. The van der Waals surface area contributed by atoms with Crippen molar-refractivity contribution in [2.75, 3.05) is 6.61 Å². The number of halogens is 2. The highest BCUT2D eigenvalue weighted by molar-refractivity contribution is 5.39. The Labute approximate surface area is 81.7 Å². The standard InChI is InChI=1S/C11H10F2O/c1-3-7-14-9-6-5-8(4-2)10(12)11(9)13/h2,5-6H,3,7H2,1H3. The first-order valence-electron chi connectivity index (χ1n) is 4.28. The molecule has 0 atom stereocenters. The molecule has 0 saturated heterocycles. The van der Waals surface area contributed by atoms with Crippen LogP contribution in [0.3, 0.4) is 0 Å². The van der Waals surface area contributed by atoms with Gasteiger partial charge in [-0.2, -0.15) is 4.39 Å². The van der Waals surface area contributed by atoms with E-state index in [9.17, 15) is 8.78 Å². The molecule has 0 radical (unpaired) electrons. The number of hydrogen-bond acceptors (Lipinski definition) is 1. The first-order chi connectivity index (χ1) is 6.70. The van der Waals surface area contributed by atoms with Gasteiger partial charge in [0.15, 0.2) is 11.6 Å². The molecular formula is C11H10F2O. The normalized spacial score (nSPS) is 9.57. The number of terminal acetylenes is 1. The monoisotopic (exact) mass is 196 g/mol. The zero-order valence-electron chi connectivity index (χ0n) is 7.81. The minimum atomic E-state index is -1.03. The Bertz CT molecular complexity index is 366. The van der Waals surface area contributed by atoms with Crippen LogP contribution in [0.2, 0.25) is 0 Å². The molecule has 1 rings (SSSR count). The molecule has 0 spiro atoms. The lowest BCUT2D eigenvalue weighted by Crippen LogP contribution is -2.00. The van der Waals surface area contributed by atoms with Crippen LogP contribution >= 0.6 is 0 Å². The molecule has 0 saturated carbocycles. The summed E-state index contributed by atoms with van der Waals surface area (Å²) in [5, 5.41) is 0. The van der Waals surface area contributed by atoms with Crippen LogP contribution in [-0.2, 0) is 0 Å². The average molecular weight is 196 g/mol. The lowest BCUT2D eigenvalue weighted by atomic mass is 10.2. The fourth-order valence-electron chi connectivity index (χ4n) is 0.967. The van der Waals surface area contributed by atoms with Crippen molar-refractivity contribution in [1.29, 1.82) is 0 Å². The summed E-state index contributed by atoms with van der Waals surface area (Å²) in [7, 11) is 0. The molecule has 1 aromatic carbocycles. The van der Waals surface area contributed by atoms with Crippen LogP contribution < -0.4 is 4.74 Å². The van der Waals surface area contributed by atoms with Crippen molar-refractivity contribution in [3.8, 4) is 18.1 Å². The van der Waals surface area contributed by atoms with Gasteiger partial charge in [0.25, 0.3) is 0 Å². The first kappa shape index (κ1) is 10.5. The summed E-state index contributed by atoms with van der Waals surface area (Å²) in [6, 6.07) is 2.66. The smallest absolute Gasteiger partial charge is 0.201 e. The summed E-state index contributed by atoms with van der Waals surface area (Å²) >= 11 is 0. The fourth-order valence-corrected chi connectivity index (χ4v) is 0.967. The number of ether oxygens (including phenoxy) is 1. The van der Waals surface area contributed by atoms with E-state index in [1.54, 1.807) is 0 Å². The van der Waals surface area contributed by atoms with Crippen LogP contribution in [0.4, 0.5) is 8.78 Å². The minimum absolute atomic E-state index is 0.0913. The highest BCUT2D eigenvalue weighted by atomic mass is 19.2. The first-order valence-corrected chi connectivity index (χ1v) is 4.28. The van der Waals surface area contributed by atoms with Gasteiger partial charge in [0.05, 0.1) is 12.2 Å². The van der Waals surface area contributed by atoms with Gasteiger partial charge in [0, 0.05) is 0 Å². The Morgan fingerprint density at radius 1 is 1.36 bits per heavy atom. The topological polar surface area (TPSA) is 9.23 Å². The Kier molecular flexibility index (Phi) is 3.47. The van der Waals surface area contributed by atoms with Crippen molar-refractivity contribution >= 4 is 0 Å². The molecule has 0 unspecified atom stereocenters. The summed E-state index contributed by atoms with van der Waals surface area (Å²) in [4.78, 5) is 0. The van der Waals surface area contributed by atoms with Crippen LogP contribution in [0.15, 0.2) is 12.1 Å². The molecule has 1 nitrogen and oxygen atoms in total. The maximum Gasteiger partial charge on any atom is 0.201 e. The molecule has 0 bridgehead atoms. The van der Waals surface area contributed by atoms with Crippen molar-refractivity contribution in [1.82, 2.24) is 0 Å². The van der Waals surface area contributed by atoms with Crippen LogP contribution in [-0.4, -0.2) is 6.61 Å². The molecule has 0 N–H and O–H groups in total. The SMILES string of the molecule is C#Cc1ccc(OCCC)c(F)c1F. The minimum Gasteiger partial charge on any atom is -0.490 e. The molecule has 0 aliphatic carbocycles. The Morgan fingerprint density at radius 2 is 2.07 bits per heavy atom. The second-order valence-corrected chi connectivity index (χ2v) is 2.73. The lowest BCUT2D eigenvalue weighted by Gasteiger charge is -2.06. The van der Waals surface area contributed by atoms with Crippen LogP contribution in [0.25, 0.3) is 0 Å². The maximum atomic E-state index is 13.2. The molecule has 0 amide bonds. The van der Waals surface area contributed by atoms with Gasteiger partial charge in [-0.25, -0.2) is 4.39 Å². The van der Waals surface area contributed by atoms with Gasteiger partial charge in [0.1, 0.15) is 0 Å². The number of rotatable bonds is 3. The zero-order valence-corrected chi connectivity index (χ0v) is 7.81. The van der Waals surface area contributed by atoms with E-state index in [2.05, 4.69) is 0 Å². The van der Waals surface area contributed by atoms with Gasteiger partial charge in [-0.3, -0.25) is 0 Å². The van der Waals surface area contributed by atoms with Gasteiger partial charge in [0.2, 0.25) is 5.82 Å². The van der Waals surface area contributed by atoms with Gasteiger partial charge in [-0.1, -0.05) is 12.8 Å². The van der Waals surface area contributed by atoms with E-state index < -0.39 is 11.6 Å². The summed E-state index contributed by atoms with van der Waals surface area (Å²) in [6.45, 7) is 2.23. The van der Waals surface area contributed by atoms with E-state index in [4.69, 9.17) is 11.2 Å². The van der Waals surface area contributed by atoms with Crippen molar-refractivity contribution in [2.45, 2.75) is 13.3 Å². The quantitative estimate of drug-likeness (QED) is 0.675. The second-order valence-electron chi connectivity index (χ2n) is 2.73. The molecular weight excluding hydrogens is 186 g/mol. The Hall–Kier alpha value is -1.56. The zero-order chi connectivity index (χ0) is 10.6. The summed E-state index contributed by atoms with van der Waals surface area (Å²) < 4.78 is 31.3. The average Bonchev–Trinajstić information content (AvgIpc) is 2.20. The predicted octanol–water partition coefficient (Wildman–Crippen LogP) is 2.73. The molecule has 14 heavy (non-hydrogen) atoms. The van der Waals surface area contributed by atoms with E-state index in [1.165, 1.54) is 12.1 Å². The molecule has 0 heterocycles. The van der Waals surface area contributed by atoms with Crippen molar-refractivity contribution < 1.29 is 13.5 Å². The van der Waals surface area contributed by atoms with Gasteiger partial charge < -0.3 is 4.74 Å². The largest absolute Gasteiger partial charge is 0.490 e. The molecule has 0 aromatic heterocycles. The molecule has 1 aromatic rings. The Morgan fingerprint density at radius 3 is 2.64 bits per heavy atom. The van der Waals surface area contributed by atoms with Gasteiger partial charge >= 0.3 is 0 Å². The van der Waals surface area contributed by atoms with E-state index in [0.29, 0.717) is 6.61 Å². The molecule has 3 heteroatoms. The number of benzene rings is 1. The second kappa shape index (κ2) is 4.61. The highest BCUT2D eigenvalue weighted by Gasteiger charge is 2.12. The van der Waals surface area contributed by atoms with E-state index in [1.807, 2.05) is 12.8 Å². The fraction of sp³-hybridized carbons (Fsp3) is 0.273. The maximum absolute atomic E-state index is 13.2. The van der Waals surface area contributed by atoms with E-state index in [-0.39, 0.29) is 11.3 Å². The molecule has 0 aliphatic heterocycles. The van der Waals surface area contributed by atoms with Crippen LogP contribution in [0.5, 0.6) is 5.75 Å². The van der Waals surface area contributed by atoms with Crippen molar-refractivity contribution in [3.05, 3.63) is 29.3 Å². The van der Waals surface area contributed by atoms with Gasteiger partial charge in [-0.05, 0) is 18.6 Å². The van der Waals surface area contributed by atoms with E-state index in [0.717, 1.165) is 6.42 Å². The molecule has 0 aliphatic rings. The molecule has 74 valence electrons. The number of hydrogen-bond donors (Lipinski definition) is 0. The van der Waals surface area contributed by atoms with Crippen molar-refractivity contribution in [3.63, 3.8) is 0 Å². The van der Waals surface area contributed by atoms with Gasteiger partial charge in [-0.15, -0.1) is 6.42 Å².